The summed E-state index contributed by atoms with van der Waals surface area (Å²) in [7, 11) is 0. The van der Waals surface area contributed by atoms with Crippen molar-refractivity contribution in [3.05, 3.63) is 54.4 Å². The van der Waals surface area contributed by atoms with Gasteiger partial charge in [0, 0.05) is 6.20 Å². The maximum Gasteiger partial charge on any atom is 0.0717 e. The predicted octanol–water partition coefficient (Wildman–Crippen LogP) is 2.82. The van der Waals surface area contributed by atoms with Gasteiger partial charge in [-0.2, -0.15) is 5.10 Å². The van der Waals surface area contributed by atoms with Crippen molar-refractivity contribution in [2.24, 2.45) is 0 Å². The molecule has 0 atom stereocenters. The molecule has 1 heterocycles. The molecular weight excluding hydrogens is 172 g/mol. The Bertz CT molecular complexity index is 455. The summed E-state index contributed by atoms with van der Waals surface area (Å²) < 4.78 is 1.87. The van der Waals surface area contributed by atoms with Crippen molar-refractivity contribution in [3.63, 3.8) is 0 Å². The van der Waals surface area contributed by atoms with Crippen LogP contribution in [-0.4, -0.2) is 9.78 Å². The molecule has 0 saturated heterocycles. The average molecular weight is 184 g/mol. The van der Waals surface area contributed by atoms with Crippen molar-refractivity contribution in [2.45, 2.75) is 6.92 Å². The lowest BCUT2D eigenvalue weighted by Crippen LogP contribution is -1.97. The van der Waals surface area contributed by atoms with Crippen molar-refractivity contribution >= 4 is 6.08 Å². The van der Waals surface area contributed by atoms with Crippen molar-refractivity contribution in [2.75, 3.05) is 0 Å². The molecule has 2 aromatic rings. The van der Waals surface area contributed by atoms with E-state index in [1.807, 2.05) is 54.2 Å². The van der Waals surface area contributed by atoms with Gasteiger partial charge in [-0.15, -0.1) is 0 Å². The molecule has 0 amide bonds. The zero-order valence-electron chi connectivity index (χ0n) is 8.14. The lowest BCUT2D eigenvalue weighted by atomic mass is 10.2. The topological polar surface area (TPSA) is 17.8 Å². The van der Waals surface area contributed by atoms with Crippen LogP contribution in [0.15, 0.2) is 43.1 Å². The van der Waals surface area contributed by atoms with Crippen LogP contribution in [0.4, 0.5) is 0 Å². The lowest BCUT2D eigenvalue weighted by Gasteiger charge is -2.04. The van der Waals surface area contributed by atoms with Gasteiger partial charge in [0.2, 0.25) is 0 Å². The van der Waals surface area contributed by atoms with Gasteiger partial charge in [0.1, 0.15) is 0 Å². The Hall–Kier alpha value is -1.83. The minimum Gasteiger partial charge on any atom is -0.240 e. The lowest BCUT2D eigenvalue weighted by molar-refractivity contribution is 0.861. The summed E-state index contributed by atoms with van der Waals surface area (Å²) in [5.41, 5.74) is 3.18. The van der Waals surface area contributed by atoms with Crippen LogP contribution in [0.5, 0.6) is 0 Å². The second-order valence-electron chi connectivity index (χ2n) is 3.16. The number of para-hydroxylation sites is 1. The van der Waals surface area contributed by atoms with Crippen molar-refractivity contribution in [1.29, 1.82) is 0 Å². The van der Waals surface area contributed by atoms with Crippen molar-refractivity contribution in [3.8, 4) is 5.69 Å². The fraction of sp³-hybridized carbons (Fsp3) is 0.0833. The van der Waals surface area contributed by atoms with Crippen LogP contribution >= 0.6 is 0 Å². The fourth-order valence-electron chi connectivity index (χ4n) is 1.42. The van der Waals surface area contributed by atoms with Crippen LogP contribution in [0, 0.1) is 6.92 Å². The van der Waals surface area contributed by atoms with Gasteiger partial charge in [-0.3, -0.25) is 0 Å². The van der Waals surface area contributed by atoms with E-state index in [9.17, 15) is 0 Å². The molecule has 1 aromatic heterocycles. The number of hydrogen-bond donors (Lipinski definition) is 0. The van der Waals surface area contributed by atoms with E-state index in [1.165, 1.54) is 0 Å². The second-order valence-corrected chi connectivity index (χ2v) is 3.16. The molecule has 2 heteroatoms. The number of aromatic nitrogens is 2. The normalized spacial score (nSPS) is 10.1. The summed E-state index contributed by atoms with van der Waals surface area (Å²) in [6, 6.07) is 10.0. The van der Waals surface area contributed by atoms with Gasteiger partial charge in [0.15, 0.2) is 0 Å². The number of rotatable bonds is 2. The molecule has 0 bridgehead atoms. The first-order valence-electron chi connectivity index (χ1n) is 4.55. The zero-order valence-corrected chi connectivity index (χ0v) is 8.14. The molecule has 1 aromatic carbocycles. The fourth-order valence-corrected chi connectivity index (χ4v) is 1.42. The van der Waals surface area contributed by atoms with E-state index in [0.717, 1.165) is 16.9 Å². The maximum absolute atomic E-state index is 4.36. The molecule has 0 N–H and O–H groups in total. The van der Waals surface area contributed by atoms with Crippen LogP contribution < -0.4 is 0 Å². The number of aryl methyl sites for hydroxylation is 1. The monoisotopic (exact) mass is 184 g/mol. The molecule has 2 nitrogen and oxygen atoms in total. The Balaban J connectivity index is 2.55. The molecule has 0 aliphatic carbocycles. The SMILES string of the molecule is C=Cc1ccccc1-n1ccc(C)n1. The van der Waals surface area contributed by atoms with Gasteiger partial charge < -0.3 is 0 Å². The van der Waals surface area contributed by atoms with E-state index >= 15 is 0 Å². The predicted molar refractivity (Wildman–Crippen MR) is 58.4 cm³/mol. The van der Waals surface area contributed by atoms with E-state index in [-0.39, 0.29) is 0 Å². The van der Waals surface area contributed by atoms with E-state index in [1.54, 1.807) is 0 Å². The van der Waals surface area contributed by atoms with Crippen LogP contribution in [0.2, 0.25) is 0 Å². The molecule has 0 saturated carbocycles. The van der Waals surface area contributed by atoms with Gasteiger partial charge >= 0.3 is 0 Å². The Kier molecular flexibility index (Phi) is 2.19. The van der Waals surface area contributed by atoms with Crippen LogP contribution in [0.25, 0.3) is 11.8 Å². The first kappa shape index (κ1) is 8.75. The highest BCUT2D eigenvalue weighted by atomic mass is 15.3. The van der Waals surface area contributed by atoms with Gasteiger partial charge in [0.25, 0.3) is 0 Å². The molecule has 70 valence electrons. The number of benzene rings is 1. The highest BCUT2D eigenvalue weighted by Crippen LogP contribution is 2.14. The van der Waals surface area contributed by atoms with E-state index in [4.69, 9.17) is 0 Å². The summed E-state index contributed by atoms with van der Waals surface area (Å²) in [4.78, 5) is 0. The third kappa shape index (κ3) is 1.46. The van der Waals surface area contributed by atoms with Crippen molar-refractivity contribution < 1.29 is 0 Å². The third-order valence-corrected chi connectivity index (χ3v) is 2.13. The van der Waals surface area contributed by atoms with E-state index in [2.05, 4.69) is 11.7 Å². The zero-order chi connectivity index (χ0) is 9.97. The minimum atomic E-state index is 1.02. The van der Waals surface area contributed by atoms with Gasteiger partial charge in [-0.25, -0.2) is 4.68 Å². The summed E-state index contributed by atoms with van der Waals surface area (Å²) in [5.74, 6) is 0. The Morgan fingerprint density at radius 3 is 2.71 bits per heavy atom. The first-order chi connectivity index (χ1) is 6.81. The number of nitrogens with zero attached hydrogens (tertiary/aromatic N) is 2. The molecule has 0 aliphatic rings. The van der Waals surface area contributed by atoms with Gasteiger partial charge in [0.05, 0.1) is 11.4 Å². The van der Waals surface area contributed by atoms with Gasteiger partial charge in [-0.1, -0.05) is 30.9 Å². The molecule has 14 heavy (non-hydrogen) atoms. The molecular formula is C12H12N2. The Morgan fingerprint density at radius 2 is 2.07 bits per heavy atom. The maximum atomic E-state index is 4.36. The van der Waals surface area contributed by atoms with E-state index in [0.29, 0.717) is 0 Å². The quantitative estimate of drug-likeness (QED) is 0.701. The highest BCUT2D eigenvalue weighted by Gasteiger charge is 2.01. The highest BCUT2D eigenvalue weighted by molar-refractivity contribution is 5.58. The minimum absolute atomic E-state index is 1.02. The standard InChI is InChI=1S/C12H12N2/c1-3-11-6-4-5-7-12(11)14-9-8-10(2)13-14/h3-9H,1H2,2H3. The van der Waals surface area contributed by atoms with Crippen LogP contribution in [0.3, 0.4) is 0 Å². The largest absolute Gasteiger partial charge is 0.240 e. The summed E-state index contributed by atoms with van der Waals surface area (Å²) >= 11 is 0. The van der Waals surface area contributed by atoms with E-state index < -0.39 is 0 Å². The molecule has 0 unspecified atom stereocenters. The molecule has 0 radical (unpaired) electrons. The average Bonchev–Trinajstić information content (AvgIpc) is 2.65. The van der Waals surface area contributed by atoms with Crippen LogP contribution in [-0.2, 0) is 0 Å². The Morgan fingerprint density at radius 1 is 1.29 bits per heavy atom. The number of hydrogen-bond acceptors (Lipinski definition) is 1. The molecule has 0 aliphatic heterocycles. The first-order valence-corrected chi connectivity index (χ1v) is 4.55. The molecule has 0 spiro atoms. The molecule has 0 fully saturated rings. The Labute approximate surface area is 83.5 Å². The van der Waals surface area contributed by atoms with Crippen molar-refractivity contribution in [1.82, 2.24) is 9.78 Å². The smallest absolute Gasteiger partial charge is 0.0717 e. The summed E-state index contributed by atoms with van der Waals surface area (Å²) in [6.45, 7) is 5.76. The summed E-state index contributed by atoms with van der Waals surface area (Å²) in [6.07, 6.45) is 3.80. The second kappa shape index (κ2) is 3.50. The third-order valence-electron chi connectivity index (χ3n) is 2.13. The molecule has 2 rings (SSSR count). The summed E-state index contributed by atoms with van der Waals surface area (Å²) in [5, 5.41) is 4.36. The van der Waals surface area contributed by atoms with Gasteiger partial charge in [-0.05, 0) is 24.6 Å². The van der Waals surface area contributed by atoms with Crippen LogP contribution in [0.1, 0.15) is 11.3 Å².